The Kier molecular flexibility index (Phi) is 27.7. The summed E-state index contributed by atoms with van der Waals surface area (Å²) in [4.78, 5) is 51.5. The van der Waals surface area contributed by atoms with Gasteiger partial charge in [0.25, 0.3) is 0 Å². The van der Waals surface area contributed by atoms with Gasteiger partial charge in [-0.1, -0.05) is 236 Å². The van der Waals surface area contributed by atoms with Gasteiger partial charge in [-0.3, -0.25) is 19.2 Å². The molecule has 2 N–H and O–H groups in total. The zero-order chi connectivity index (χ0) is 45.5. The van der Waals surface area contributed by atoms with E-state index in [0.29, 0.717) is 34.4 Å². The minimum Gasteiger partial charge on any atom is -0.481 e. The van der Waals surface area contributed by atoms with Crippen LogP contribution >= 0.6 is 0 Å². The average Bonchev–Trinajstić information content (AvgIpc) is 3.26. The number of carbonyl (C=O) groups is 4. The summed E-state index contributed by atoms with van der Waals surface area (Å²) in [6.07, 6.45) is 34.4. The monoisotopic (exact) mass is 873 g/mol. The third-order valence-electron chi connectivity index (χ3n) is 12.8. The molecule has 63 heavy (non-hydrogen) atoms. The normalized spacial score (nSPS) is 12.4. The highest BCUT2D eigenvalue weighted by Crippen LogP contribution is 2.43. The Labute approximate surface area is 380 Å². The second-order valence-corrected chi connectivity index (χ2v) is 18.4. The standard InChI is InChI=1S/C55H84O8/c1-4-6-8-10-12-14-16-18-20-22-24-26-28-30-34-44(54(58)59)41-50(56)62-52-46-36-32-33-37-47(46)53(49-40-43(3)38-39-48(49)52)63-51(57)42-45(55(60)61)35-31-29-27-25-23-21-19-17-15-13-11-9-7-5-2/h32-33,36-40,44-45H,4-31,34-35,41-42H2,1-3H3,(H,58,59)(H,60,61). The molecule has 0 amide bonds. The van der Waals surface area contributed by atoms with Gasteiger partial charge in [-0.25, -0.2) is 0 Å². The van der Waals surface area contributed by atoms with Crippen LogP contribution in [0.2, 0.25) is 0 Å². The number of hydrogen-bond acceptors (Lipinski definition) is 6. The maximum Gasteiger partial charge on any atom is 0.312 e. The highest BCUT2D eigenvalue weighted by Gasteiger charge is 2.27. The molecule has 0 aliphatic heterocycles. The second-order valence-electron chi connectivity index (χ2n) is 18.4. The quantitative estimate of drug-likeness (QED) is 0.0252. The first-order chi connectivity index (χ1) is 30.7. The SMILES string of the molecule is CCCCCCCCCCCCCCCCC(CC(=O)Oc1c2ccccc2c(OC(=O)CC(CCCCCCCCCCCCCCCC)C(=O)O)c2cc(C)ccc12)C(=O)O. The molecule has 0 heterocycles. The number of fused-ring (bicyclic) bond motifs is 2. The predicted octanol–water partition coefficient (Wildman–Crippen LogP) is 16.0. The van der Waals surface area contributed by atoms with Gasteiger partial charge in [0.05, 0.1) is 24.7 Å². The topological polar surface area (TPSA) is 127 Å². The highest BCUT2D eigenvalue weighted by atomic mass is 16.5. The van der Waals surface area contributed by atoms with Crippen LogP contribution in [0, 0.1) is 18.8 Å². The van der Waals surface area contributed by atoms with E-state index in [1.807, 2.05) is 25.1 Å². The Balaban J connectivity index is 1.51. The van der Waals surface area contributed by atoms with Crippen molar-refractivity contribution >= 4 is 45.4 Å². The summed E-state index contributed by atoms with van der Waals surface area (Å²) in [6, 6.07) is 12.7. The first-order valence-corrected chi connectivity index (χ1v) is 25.5. The van der Waals surface area contributed by atoms with E-state index < -0.39 is 35.7 Å². The zero-order valence-electron chi connectivity index (χ0n) is 39.7. The van der Waals surface area contributed by atoms with Crippen molar-refractivity contribution in [3.8, 4) is 11.5 Å². The first kappa shape index (κ1) is 53.4. The van der Waals surface area contributed by atoms with Gasteiger partial charge in [0.2, 0.25) is 0 Å². The van der Waals surface area contributed by atoms with Crippen molar-refractivity contribution in [3.63, 3.8) is 0 Å². The number of unbranched alkanes of at least 4 members (excludes halogenated alkanes) is 26. The highest BCUT2D eigenvalue weighted by molar-refractivity contribution is 6.13. The molecule has 0 aromatic heterocycles. The Morgan fingerprint density at radius 3 is 1.06 bits per heavy atom. The fraction of sp³-hybridized carbons (Fsp3) is 0.673. The molecule has 8 nitrogen and oxygen atoms in total. The van der Waals surface area contributed by atoms with Crippen molar-refractivity contribution in [2.75, 3.05) is 0 Å². The van der Waals surface area contributed by atoms with Crippen molar-refractivity contribution in [2.45, 2.75) is 226 Å². The first-order valence-electron chi connectivity index (χ1n) is 25.5. The number of benzene rings is 3. The van der Waals surface area contributed by atoms with Crippen LogP contribution in [0.4, 0.5) is 0 Å². The van der Waals surface area contributed by atoms with Crippen molar-refractivity contribution < 1.29 is 38.9 Å². The van der Waals surface area contributed by atoms with Crippen molar-refractivity contribution in [1.29, 1.82) is 0 Å². The van der Waals surface area contributed by atoms with Crippen LogP contribution < -0.4 is 9.47 Å². The summed E-state index contributed by atoms with van der Waals surface area (Å²) in [6.45, 7) is 6.42. The molecule has 0 spiro atoms. The number of rotatable bonds is 38. The van der Waals surface area contributed by atoms with Crippen LogP contribution in [-0.4, -0.2) is 34.1 Å². The summed E-state index contributed by atoms with van der Waals surface area (Å²) in [5, 5.41) is 22.3. The van der Waals surface area contributed by atoms with Crippen molar-refractivity contribution in [2.24, 2.45) is 11.8 Å². The number of hydrogen-bond donors (Lipinski definition) is 2. The largest absolute Gasteiger partial charge is 0.481 e. The summed E-state index contributed by atoms with van der Waals surface area (Å²) < 4.78 is 12.1. The van der Waals surface area contributed by atoms with Gasteiger partial charge in [-0.15, -0.1) is 0 Å². The molecule has 0 aliphatic carbocycles. The number of carboxylic acids is 2. The van der Waals surface area contributed by atoms with E-state index in [9.17, 15) is 29.4 Å². The molecule has 0 radical (unpaired) electrons. The molecule has 8 heteroatoms. The van der Waals surface area contributed by atoms with Gasteiger partial charge in [0, 0.05) is 21.5 Å². The lowest BCUT2D eigenvalue weighted by molar-refractivity contribution is -0.147. The molecular weight excluding hydrogens is 789 g/mol. The molecule has 352 valence electrons. The zero-order valence-corrected chi connectivity index (χ0v) is 39.7. The molecule has 3 aromatic rings. The molecule has 0 aliphatic rings. The van der Waals surface area contributed by atoms with Gasteiger partial charge < -0.3 is 19.7 Å². The summed E-state index contributed by atoms with van der Waals surface area (Å²) in [5.74, 6) is -4.38. The lowest BCUT2D eigenvalue weighted by Gasteiger charge is -2.18. The van der Waals surface area contributed by atoms with Crippen LogP contribution in [0.1, 0.15) is 225 Å². The Morgan fingerprint density at radius 1 is 0.429 bits per heavy atom. The molecular formula is C55H84O8. The molecule has 3 aromatic carbocycles. The minimum atomic E-state index is -1.00. The van der Waals surface area contributed by atoms with E-state index in [4.69, 9.17) is 9.47 Å². The van der Waals surface area contributed by atoms with Gasteiger partial charge >= 0.3 is 23.9 Å². The molecule has 2 atom stereocenters. The van der Waals surface area contributed by atoms with Crippen molar-refractivity contribution in [1.82, 2.24) is 0 Å². The third-order valence-corrected chi connectivity index (χ3v) is 12.8. The molecule has 3 rings (SSSR count). The minimum absolute atomic E-state index is 0.248. The van der Waals surface area contributed by atoms with Gasteiger partial charge in [-0.2, -0.15) is 0 Å². The van der Waals surface area contributed by atoms with Crippen molar-refractivity contribution in [3.05, 3.63) is 48.0 Å². The van der Waals surface area contributed by atoms with E-state index in [1.54, 1.807) is 24.3 Å². The fourth-order valence-electron chi connectivity index (χ4n) is 8.94. The molecule has 2 unspecified atom stereocenters. The van der Waals surface area contributed by atoms with Crippen LogP contribution in [0.3, 0.4) is 0 Å². The van der Waals surface area contributed by atoms with Crippen LogP contribution in [0.5, 0.6) is 11.5 Å². The smallest absolute Gasteiger partial charge is 0.312 e. The average molecular weight is 873 g/mol. The van der Waals surface area contributed by atoms with E-state index in [1.165, 1.54) is 128 Å². The fourth-order valence-corrected chi connectivity index (χ4v) is 8.94. The maximum absolute atomic E-state index is 13.5. The number of carbonyl (C=O) groups excluding carboxylic acids is 2. The number of esters is 2. The summed E-state index contributed by atoms with van der Waals surface area (Å²) in [5.41, 5.74) is 0.896. The van der Waals surface area contributed by atoms with E-state index >= 15 is 0 Å². The van der Waals surface area contributed by atoms with E-state index in [2.05, 4.69) is 13.8 Å². The number of carboxylic acid groups (broad SMARTS) is 2. The Hall–Kier alpha value is -3.94. The second kappa shape index (κ2) is 32.7. The summed E-state index contributed by atoms with van der Waals surface area (Å²) >= 11 is 0. The van der Waals surface area contributed by atoms with Gasteiger partial charge in [0.1, 0.15) is 11.5 Å². The van der Waals surface area contributed by atoms with Gasteiger partial charge in [0.15, 0.2) is 0 Å². The number of aryl methyl sites for hydroxylation is 1. The maximum atomic E-state index is 13.5. The van der Waals surface area contributed by atoms with Crippen LogP contribution in [-0.2, 0) is 19.2 Å². The molecule has 0 bridgehead atoms. The Morgan fingerprint density at radius 2 is 0.730 bits per heavy atom. The summed E-state index contributed by atoms with van der Waals surface area (Å²) in [7, 11) is 0. The van der Waals surface area contributed by atoms with Crippen LogP contribution in [0.15, 0.2) is 42.5 Å². The van der Waals surface area contributed by atoms with Gasteiger partial charge in [-0.05, 0) is 25.8 Å². The predicted molar refractivity (Wildman–Crippen MR) is 259 cm³/mol. The third kappa shape index (κ3) is 21.5. The lowest BCUT2D eigenvalue weighted by Crippen LogP contribution is -2.22. The van der Waals surface area contributed by atoms with Crippen LogP contribution in [0.25, 0.3) is 21.5 Å². The van der Waals surface area contributed by atoms with E-state index in [0.717, 1.165) is 56.9 Å². The number of aliphatic carboxylic acids is 2. The lowest BCUT2D eigenvalue weighted by atomic mass is 9.96. The molecule has 0 saturated carbocycles. The Bertz CT molecular complexity index is 1760. The molecule has 0 fully saturated rings. The molecule has 0 saturated heterocycles. The van der Waals surface area contributed by atoms with E-state index in [-0.39, 0.29) is 24.3 Å². The number of ether oxygens (including phenoxy) is 2.